The van der Waals surface area contributed by atoms with Crippen LogP contribution in [0.15, 0.2) is 9.98 Å². The predicted molar refractivity (Wildman–Crippen MR) is 99.9 cm³/mol. The van der Waals surface area contributed by atoms with Crippen molar-refractivity contribution >= 4 is 12.2 Å². The maximum Gasteiger partial charge on any atom is 0.235 e. The smallest absolute Gasteiger partial charge is 0.211 e. The summed E-state index contributed by atoms with van der Waals surface area (Å²) in [4.78, 5) is 31.8. The maximum atomic E-state index is 11.4. The Hall–Kier alpha value is -1.24. The van der Waals surface area contributed by atoms with Gasteiger partial charge in [0, 0.05) is 6.42 Å². The summed E-state index contributed by atoms with van der Waals surface area (Å²) in [6.45, 7) is 8.81. The highest BCUT2D eigenvalue weighted by Crippen LogP contribution is 2.54. The lowest BCUT2D eigenvalue weighted by Gasteiger charge is -2.53. The fourth-order valence-corrected chi connectivity index (χ4v) is 6.00. The number of hydrogen-bond acceptors (Lipinski definition) is 4. The predicted octanol–water partition coefficient (Wildman–Crippen LogP) is 5.22. The molecule has 0 N–H and O–H groups in total. The minimum absolute atomic E-state index is 0.318. The third-order valence-corrected chi connectivity index (χ3v) is 7.56. The van der Waals surface area contributed by atoms with Crippen LogP contribution in [0.2, 0.25) is 0 Å². The largest absolute Gasteiger partial charge is 0.235 e. The molecule has 0 aliphatic heterocycles. The Morgan fingerprint density at radius 2 is 1.20 bits per heavy atom. The van der Waals surface area contributed by atoms with Gasteiger partial charge in [-0.05, 0) is 49.4 Å². The van der Waals surface area contributed by atoms with E-state index in [4.69, 9.17) is 0 Å². The van der Waals surface area contributed by atoms with Gasteiger partial charge in [-0.25, -0.2) is 9.59 Å². The SMILES string of the molecule is CCC1CCCC(C)C1(CC1(N=C=O)C(C)CCCC1CC)N=C=O. The Bertz CT molecular complexity index is 502. The number of isocyanates is 2. The fraction of sp³-hybridized carbons (Fsp3) is 0.905. The van der Waals surface area contributed by atoms with Crippen molar-refractivity contribution in [3.8, 4) is 0 Å². The van der Waals surface area contributed by atoms with Gasteiger partial charge in [0.05, 0.1) is 11.1 Å². The molecule has 0 saturated heterocycles. The molecule has 0 bridgehead atoms. The molecule has 4 heteroatoms. The molecular weight excluding hydrogens is 312 g/mol. The molecule has 2 aliphatic carbocycles. The summed E-state index contributed by atoms with van der Waals surface area (Å²) >= 11 is 0. The first-order valence-electron chi connectivity index (χ1n) is 10.2. The highest BCUT2D eigenvalue weighted by molar-refractivity contribution is 5.38. The Labute approximate surface area is 152 Å². The van der Waals surface area contributed by atoms with E-state index in [1.54, 1.807) is 0 Å². The lowest BCUT2D eigenvalue weighted by Crippen LogP contribution is -2.56. The zero-order valence-corrected chi connectivity index (χ0v) is 16.4. The van der Waals surface area contributed by atoms with Crippen LogP contribution in [0.3, 0.4) is 0 Å². The van der Waals surface area contributed by atoms with Crippen LogP contribution in [0.25, 0.3) is 0 Å². The second-order valence-electron chi connectivity index (χ2n) is 8.44. The van der Waals surface area contributed by atoms with Crippen molar-refractivity contribution in [1.82, 2.24) is 0 Å². The van der Waals surface area contributed by atoms with E-state index in [1.165, 1.54) is 12.8 Å². The molecule has 2 aliphatic rings. The van der Waals surface area contributed by atoms with Gasteiger partial charge in [0.15, 0.2) is 0 Å². The third-order valence-electron chi connectivity index (χ3n) is 7.56. The van der Waals surface area contributed by atoms with Crippen molar-refractivity contribution < 1.29 is 9.59 Å². The van der Waals surface area contributed by atoms with Crippen molar-refractivity contribution in [3.05, 3.63) is 0 Å². The maximum absolute atomic E-state index is 11.4. The second-order valence-corrected chi connectivity index (χ2v) is 8.44. The molecule has 2 fully saturated rings. The van der Waals surface area contributed by atoms with Crippen molar-refractivity contribution in [2.45, 2.75) is 96.6 Å². The number of hydrogen-bond donors (Lipinski definition) is 0. The van der Waals surface area contributed by atoms with Crippen LogP contribution in [0.4, 0.5) is 0 Å². The summed E-state index contributed by atoms with van der Waals surface area (Å²) in [6.07, 6.45) is 13.2. The molecule has 0 aromatic rings. The molecule has 140 valence electrons. The minimum Gasteiger partial charge on any atom is -0.211 e. The van der Waals surface area contributed by atoms with Crippen molar-refractivity contribution in [2.24, 2.45) is 33.7 Å². The van der Waals surface area contributed by atoms with Crippen LogP contribution in [-0.4, -0.2) is 23.2 Å². The van der Waals surface area contributed by atoms with Gasteiger partial charge < -0.3 is 0 Å². The summed E-state index contributed by atoms with van der Waals surface area (Å²) in [5.74, 6) is 1.36. The van der Waals surface area contributed by atoms with Crippen LogP contribution >= 0.6 is 0 Å². The molecule has 2 saturated carbocycles. The molecule has 0 aromatic carbocycles. The van der Waals surface area contributed by atoms with Crippen molar-refractivity contribution in [2.75, 3.05) is 0 Å². The molecule has 25 heavy (non-hydrogen) atoms. The highest BCUT2D eigenvalue weighted by atomic mass is 16.1. The molecule has 0 spiro atoms. The number of nitrogens with zero attached hydrogens (tertiary/aromatic N) is 2. The molecule has 0 radical (unpaired) electrons. The van der Waals surface area contributed by atoms with Gasteiger partial charge in [-0.15, -0.1) is 0 Å². The average molecular weight is 347 g/mol. The standard InChI is InChI=1S/C21H34N2O2/c1-5-18-11-7-9-16(3)20(18,22-14-24)13-21(23-15-25)17(4)10-8-12-19(21)6-2/h16-19H,5-13H2,1-4H3. The molecule has 0 heterocycles. The second kappa shape index (κ2) is 8.43. The van der Waals surface area contributed by atoms with Gasteiger partial charge >= 0.3 is 0 Å². The van der Waals surface area contributed by atoms with Crippen LogP contribution in [0.1, 0.15) is 85.5 Å². The Morgan fingerprint density at radius 1 is 0.800 bits per heavy atom. The summed E-state index contributed by atoms with van der Waals surface area (Å²) in [6, 6.07) is 0. The molecule has 0 aromatic heterocycles. The van der Waals surface area contributed by atoms with Gasteiger partial charge in [-0.3, -0.25) is 0 Å². The van der Waals surface area contributed by atoms with E-state index in [-0.39, 0.29) is 0 Å². The van der Waals surface area contributed by atoms with E-state index < -0.39 is 11.1 Å². The normalized spacial score (nSPS) is 41.4. The number of carbonyl (C=O) groups excluding carboxylic acids is 2. The van der Waals surface area contributed by atoms with Gasteiger partial charge in [0.1, 0.15) is 0 Å². The first kappa shape index (κ1) is 20.1. The first-order chi connectivity index (χ1) is 12.0. The van der Waals surface area contributed by atoms with Crippen molar-refractivity contribution in [3.63, 3.8) is 0 Å². The van der Waals surface area contributed by atoms with E-state index in [0.717, 1.165) is 38.5 Å². The van der Waals surface area contributed by atoms with Crippen LogP contribution in [0.5, 0.6) is 0 Å². The average Bonchev–Trinajstić information content (AvgIpc) is 2.60. The lowest BCUT2D eigenvalue weighted by atomic mass is 9.55. The van der Waals surface area contributed by atoms with E-state index >= 15 is 0 Å². The summed E-state index contributed by atoms with van der Waals surface area (Å²) < 4.78 is 0. The quantitative estimate of drug-likeness (QED) is 0.489. The van der Waals surface area contributed by atoms with E-state index in [0.29, 0.717) is 30.1 Å². The molecule has 2 rings (SSSR count). The Morgan fingerprint density at radius 3 is 1.52 bits per heavy atom. The molecule has 4 nitrogen and oxygen atoms in total. The zero-order valence-electron chi connectivity index (χ0n) is 16.4. The third kappa shape index (κ3) is 3.52. The monoisotopic (exact) mass is 346 g/mol. The fourth-order valence-electron chi connectivity index (χ4n) is 6.00. The summed E-state index contributed by atoms with van der Waals surface area (Å²) in [5.41, 5.74) is -0.873. The van der Waals surface area contributed by atoms with E-state index in [1.807, 2.05) is 12.2 Å². The topological polar surface area (TPSA) is 58.9 Å². The minimum atomic E-state index is -0.436. The lowest BCUT2D eigenvalue weighted by molar-refractivity contribution is 0.0256. The number of aliphatic imine (C=N–C) groups is 2. The number of rotatable bonds is 6. The van der Waals surface area contributed by atoms with Crippen LogP contribution in [0, 0.1) is 23.7 Å². The van der Waals surface area contributed by atoms with Gasteiger partial charge in [-0.1, -0.05) is 53.4 Å². The van der Waals surface area contributed by atoms with Gasteiger partial charge in [0.2, 0.25) is 12.2 Å². The van der Waals surface area contributed by atoms with Gasteiger partial charge in [-0.2, -0.15) is 9.98 Å². The summed E-state index contributed by atoms with van der Waals surface area (Å²) in [7, 11) is 0. The first-order valence-corrected chi connectivity index (χ1v) is 10.2. The Kier molecular flexibility index (Phi) is 6.77. The van der Waals surface area contributed by atoms with Gasteiger partial charge in [0.25, 0.3) is 0 Å². The molecule has 0 amide bonds. The highest BCUT2D eigenvalue weighted by Gasteiger charge is 2.55. The Balaban J connectivity index is 2.56. The van der Waals surface area contributed by atoms with Crippen molar-refractivity contribution in [1.29, 1.82) is 0 Å². The van der Waals surface area contributed by atoms with E-state index in [9.17, 15) is 9.59 Å². The van der Waals surface area contributed by atoms with Crippen LogP contribution < -0.4 is 0 Å². The molecule has 6 atom stereocenters. The summed E-state index contributed by atoms with van der Waals surface area (Å²) in [5, 5.41) is 0. The van der Waals surface area contributed by atoms with Crippen LogP contribution in [-0.2, 0) is 9.59 Å². The molecular formula is C21H34N2O2. The molecule has 6 unspecified atom stereocenters. The van der Waals surface area contributed by atoms with E-state index in [2.05, 4.69) is 37.7 Å². The zero-order chi connectivity index (χ0) is 18.5.